The van der Waals surface area contributed by atoms with Crippen molar-refractivity contribution in [1.82, 2.24) is 10.4 Å². The molecular formula is C19H16ClN3O3. The second kappa shape index (κ2) is 7.84. The molecular weight excluding hydrogens is 354 g/mol. The van der Waals surface area contributed by atoms with Gasteiger partial charge in [0.15, 0.2) is 0 Å². The first kappa shape index (κ1) is 17.7. The van der Waals surface area contributed by atoms with Gasteiger partial charge in [0, 0.05) is 16.5 Å². The predicted molar refractivity (Wildman–Crippen MR) is 101 cm³/mol. The third-order valence-electron chi connectivity index (χ3n) is 3.72. The number of methoxy groups -OCH3 is 2. The van der Waals surface area contributed by atoms with Gasteiger partial charge in [0.05, 0.1) is 26.0 Å². The summed E-state index contributed by atoms with van der Waals surface area (Å²) in [5.74, 6) is 1.06. The highest BCUT2D eigenvalue weighted by molar-refractivity contribution is 6.32. The van der Waals surface area contributed by atoms with Crippen molar-refractivity contribution in [3.05, 3.63) is 64.8 Å². The van der Waals surface area contributed by atoms with Crippen LogP contribution in [0.5, 0.6) is 11.5 Å². The van der Waals surface area contributed by atoms with Crippen molar-refractivity contribution in [2.24, 2.45) is 5.10 Å². The number of pyridine rings is 1. The zero-order valence-corrected chi connectivity index (χ0v) is 14.9. The number of ether oxygens (including phenoxy) is 2. The number of aromatic nitrogens is 1. The molecule has 2 aromatic carbocycles. The molecule has 0 fully saturated rings. The van der Waals surface area contributed by atoms with Gasteiger partial charge >= 0.3 is 0 Å². The molecule has 6 nitrogen and oxygen atoms in total. The summed E-state index contributed by atoms with van der Waals surface area (Å²) >= 11 is 6.18. The van der Waals surface area contributed by atoms with E-state index in [1.165, 1.54) is 6.21 Å². The number of hydrogen-bond donors (Lipinski definition) is 1. The van der Waals surface area contributed by atoms with Crippen LogP contribution in [0.4, 0.5) is 0 Å². The van der Waals surface area contributed by atoms with Gasteiger partial charge in [0.2, 0.25) is 0 Å². The van der Waals surface area contributed by atoms with Crippen molar-refractivity contribution in [2.45, 2.75) is 0 Å². The van der Waals surface area contributed by atoms with E-state index in [1.54, 1.807) is 38.5 Å². The quantitative estimate of drug-likeness (QED) is 0.423. The molecule has 0 aliphatic heterocycles. The highest BCUT2D eigenvalue weighted by Gasteiger charge is 2.06. The van der Waals surface area contributed by atoms with Crippen LogP contribution in [-0.4, -0.2) is 31.3 Å². The largest absolute Gasteiger partial charge is 0.497 e. The van der Waals surface area contributed by atoms with E-state index < -0.39 is 0 Å². The minimum Gasteiger partial charge on any atom is -0.497 e. The molecule has 3 aromatic rings. The Morgan fingerprint density at radius 1 is 1.08 bits per heavy atom. The smallest absolute Gasteiger partial charge is 0.271 e. The van der Waals surface area contributed by atoms with Gasteiger partial charge in [-0.3, -0.25) is 4.79 Å². The molecule has 1 heterocycles. The van der Waals surface area contributed by atoms with Crippen molar-refractivity contribution < 1.29 is 14.3 Å². The van der Waals surface area contributed by atoms with Crippen molar-refractivity contribution in [1.29, 1.82) is 0 Å². The van der Waals surface area contributed by atoms with Crippen molar-refractivity contribution in [2.75, 3.05) is 14.2 Å². The Bertz CT molecular complexity index is 972. The standard InChI is InChI=1S/C19H16ClN3O3/c1-25-15-5-3-12(4-6-15)19(24)23-21-11-14-9-13-10-16(26-2)7-8-17(13)22-18(14)20/h3-11H,1-2H3,(H,23,24)/b21-11+. The number of fused-ring (bicyclic) bond motifs is 1. The van der Waals surface area contributed by atoms with Gasteiger partial charge in [-0.15, -0.1) is 0 Å². The van der Waals surface area contributed by atoms with Crippen LogP contribution in [0, 0.1) is 0 Å². The summed E-state index contributed by atoms with van der Waals surface area (Å²) in [7, 11) is 3.16. The molecule has 0 aliphatic carbocycles. The molecule has 132 valence electrons. The average molecular weight is 370 g/mol. The highest BCUT2D eigenvalue weighted by atomic mass is 35.5. The maximum absolute atomic E-state index is 12.1. The van der Waals surface area contributed by atoms with Crippen molar-refractivity contribution in [3.8, 4) is 11.5 Å². The van der Waals surface area contributed by atoms with Gasteiger partial charge < -0.3 is 9.47 Å². The molecule has 1 aromatic heterocycles. The van der Waals surface area contributed by atoms with Crippen LogP contribution in [0.25, 0.3) is 10.9 Å². The molecule has 0 radical (unpaired) electrons. The zero-order chi connectivity index (χ0) is 18.5. The average Bonchev–Trinajstić information content (AvgIpc) is 2.68. The fourth-order valence-electron chi connectivity index (χ4n) is 2.33. The molecule has 7 heteroatoms. The SMILES string of the molecule is COc1ccc(C(=O)N/N=C/c2cc3cc(OC)ccc3nc2Cl)cc1. The zero-order valence-electron chi connectivity index (χ0n) is 14.2. The lowest BCUT2D eigenvalue weighted by Gasteiger charge is -2.05. The molecule has 3 rings (SSSR count). The Labute approximate surface area is 155 Å². The first-order valence-corrected chi connectivity index (χ1v) is 8.10. The van der Waals surface area contributed by atoms with Crippen molar-refractivity contribution >= 4 is 34.6 Å². The molecule has 0 bridgehead atoms. The Morgan fingerprint density at radius 3 is 2.46 bits per heavy atom. The molecule has 0 aliphatic rings. The maximum atomic E-state index is 12.1. The van der Waals surface area contributed by atoms with E-state index in [0.29, 0.717) is 22.0 Å². The van der Waals surface area contributed by atoms with Gasteiger partial charge in [0.25, 0.3) is 5.91 Å². The molecule has 1 amide bonds. The Balaban J connectivity index is 1.76. The Hall–Kier alpha value is -3.12. The van der Waals surface area contributed by atoms with Crippen LogP contribution in [0.2, 0.25) is 5.15 Å². The number of nitrogens with zero attached hydrogens (tertiary/aromatic N) is 2. The normalized spacial score (nSPS) is 10.9. The first-order valence-electron chi connectivity index (χ1n) is 7.72. The van der Waals surface area contributed by atoms with E-state index in [-0.39, 0.29) is 5.91 Å². The second-order valence-corrected chi connectivity index (χ2v) is 5.71. The van der Waals surface area contributed by atoms with Crippen molar-refractivity contribution in [3.63, 3.8) is 0 Å². The summed E-state index contributed by atoms with van der Waals surface area (Å²) in [6.45, 7) is 0. The number of hydrogen-bond acceptors (Lipinski definition) is 5. The van der Waals surface area contributed by atoms with Crippen LogP contribution in [-0.2, 0) is 0 Å². The Morgan fingerprint density at radius 2 is 1.77 bits per heavy atom. The van der Waals surface area contributed by atoms with Crippen LogP contribution >= 0.6 is 11.6 Å². The summed E-state index contributed by atoms with van der Waals surface area (Å²) in [6, 6.07) is 14.0. The van der Waals surface area contributed by atoms with E-state index in [2.05, 4.69) is 15.5 Å². The maximum Gasteiger partial charge on any atom is 0.271 e. The molecule has 0 unspecified atom stereocenters. The predicted octanol–water partition coefficient (Wildman–Crippen LogP) is 3.67. The molecule has 0 spiro atoms. The lowest BCUT2D eigenvalue weighted by atomic mass is 10.1. The van der Waals surface area contributed by atoms with Gasteiger partial charge in [-0.25, -0.2) is 10.4 Å². The number of halogens is 1. The molecule has 0 saturated heterocycles. The number of carbonyl (C=O) groups excluding carboxylic acids is 1. The monoisotopic (exact) mass is 369 g/mol. The third-order valence-corrected chi connectivity index (χ3v) is 4.03. The van der Waals surface area contributed by atoms with E-state index in [1.807, 2.05) is 24.3 Å². The van der Waals surface area contributed by atoms with E-state index in [4.69, 9.17) is 21.1 Å². The third kappa shape index (κ3) is 3.92. The fraction of sp³-hybridized carbons (Fsp3) is 0.105. The minimum absolute atomic E-state index is 0.296. The fourth-order valence-corrected chi connectivity index (χ4v) is 2.53. The molecule has 26 heavy (non-hydrogen) atoms. The summed E-state index contributed by atoms with van der Waals surface area (Å²) in [5, 5.41) is 5.11. The lowest BCUT2D eigenvalue weighted by Crippen LogP contribution is -2.17. The molecule has 1 N–H and O–H groups in total. The second-order valence-electron chi connectivity index (χ2n) is 5.35. The number of amides is 1. The number of carbonyl (C=O) groups is 1. The van der Waals surface area contributed by atoms with Gasteiger partial charge in [-0.2, -0.15) is 5.10 Å². The summed E-state index contributed by atoms with van der Waals surface area (Å²) in [6.07, 6.45) is 1.45. The number of rotatable bonds is 5. The highest BCUT2D eigenvalue weighted by Crippen LogP contribution is 2.23. The van der Waals surface area contributed by atoms with Crippen LogP contribution in [0.3, 0.4) is 0 Å². The summed E-state index contributed by atoms with van der Waals surface area (Å²) in [5.41, 5.74) is 4.26. The Kier molecular flexibility index (Phi) is 5.34. The van der Waals surface area contributed by atoms with Crippen LogP contribution in [0.1, 0.15) is 15.9 Å². The lowest BCUT2D eigenvalue weighted by molar-refractivity contribution is 0.0955. The summed E-state index contributed by atoms with van der Waals surface area (Å²) in [4.78, 5) is 16.4. The number of benzene rings is 2. The van der Waals surface area contributed by atoms with E-state index >= 15 is 0 Å². The van der Waals surface area contributed by atoms with E-state index in [0.717, 1.165) is 16.7 Å². The number of nitrogens with one attached hydrogen (secondary N) is 1. The number of hydrazone groups is 1. The van der Waals surface area contributed by atoms with Gasteiger partial charge in [-0.1, -0.05) is 11.6 Å². The van der Waals surface area contributed by atoms with Crippen LogP contribution < -0.4 is 14.9 Å². The summed E-state index contributed by atoms with van der Waals surface area (Å²) < 4.78 is 10.3. The van der Waals surface area contributed by atoms with Gasteiger partial charge in [-0.05, 0) is 48.5 Å². The van der Waals surface area contributed by atoms with Crippen LogP contribution in [0.15, 0.2) is 53.6 Å². The van der Waals surface area contributed by atoms with E-state index in [9.17, 15) is 4.79 Å². The van der Waals surface area contributed by atoms with Gasteiger partial charge in [0.1, 0.15) is 16.7 Å². The molecule has 0 saturated carbocycles. The molecule has 0 atom stereocenters. The first-order chi connectivity index (χ1) is 12.6. The minimum atomic E-state index is -0.338. The topological polar surface area (TPSA) is 72.8 Å².